The normalized spacial score (nSPS) is 15.7. The van der Waals surface area contributed by atoms with Crippen LogP contribution in [0.15, 0.2) is 65.7 Å². The molecule has 0 radical (unpaired) electrons. The lowest BCUT2D eigenvalue weighted by molar-refractivity contribution is -0.117. The zero-order valence-electron chi connectivity index (χ0n) is 17.6. The highest BCUT2D eigenvalue weighted by Crippen LogP contribution is 2.28. The minimum Gasteiger partial charge on any atom is -0.324 e. The molecule has 1 amide bonds. The third kappa shape index (κ3) is 4.54. The van der Waals surface area contributed by atoms with E-state index in [0.29, 0.717) is 22.8 Å². The SMILES string of the molecule is CCc1ccc(CC2N=C(c3ccc(F)cc3)c3cc(Cl)ccc3NC2=O)cc1CC. The summed E-state index contributed by atoms with van der Waals surface area (Å²) in [7, 11) is 0. The van der Waals surface area contributed by atoms with E-state index in [4.69, 9.17) is 16.6 Å². The summed E-state index contributed by atoms with van der Waals surface area (Å²) in [6.45, 7) is 4.29. The van der Waals surface area contributed by atoms with Crippen LogP contribution in [0.5, 0.6) is 0 Å². The van der Waals surface area contributed by atoms with Crippen LogP contribution in [-0.2, 0) is 24.1 Å². The largest absolute Gasteiger partial charge is 0.324 e. The number of nitrogens with zero attached hydrogens (tertiary/aromatic N) is 1. The highest BCUT2D eigenvalue weighted by molar-refractivity contribution is 6.32. The summed E-state index contributed by atoms with van der Waals surface area (Å²) >= 11 is 6.24. The number of nitrogens with one attached hydrogen (secondary N) is 1. The average molecular weight is 435 g/mol. The molecule has 1 aliphatic rings. The van der Waals surface area contributed by atoms with E-state index in [1.807, 2.05) is 0 Å². The van der Waals surface area contributed by atoms with Gasteiger partial charge < -0.3 is 5.32 Å². The van der Waals surface area contributed by atoms with Crippen LogP contribution in [0.2, 0.25) is 5.02 Å². The second-order valence-corrected chi connectivity index (χ2v) is 8.13. The number of amides is 1. The first-order valence-electron chi connectivity index (χ1n) is 10.5. The van der Waals surface area contributed by atoms with Crippen LogP contribution in [-0.4, -0.2) is 17.7 Å². The molecule has 3 aromatic carbocycles. The first kappa shape index (κ1) is 21.3. The number of rotatable bonds is 5. The van der Waals surface area contributed by atoms with Gasteiger partial charge >= 0.3 is 0 Å². The Morgan fingerprint density at radius 2 is 1.71 bits per heavy atom. The fraction of sp³-hybridized carbons (Fsp3) is 0.231. The van der Waals surface area contributed by atoms with E-state index in [-0.39, 0.29) is 11.7 Å². The zero-order chi connectivity index (χ0) is 22.0. The van der Waals surface area contributed by atoms with Crippen LogP contribution in [0.1, 0.15) is 41.7 Å². The van der Waals surface area contributed by atoms with E-state index in [1.54, 1.807) is 30.3 Å². The molecule has 0 saturated carbocycles. The van der Waals surface area contributed by atoms with Crippen LogP contribution < -0.4 is 5.32 Å². The summed E-state index contributed by atoms with van der Waals surface area (Å²) in [5.74, 6) is -0.489. The fourth-order valence-corrected chi connectivity index (χ4v) is 4.17. The fourth-order valence-electron chi connectivity index (χ4n) is 4.00. The summed E-state index contributed by atoms with van der Waals surface area (Å²) in [5, 5.41) is 3.54. The molecule has 3 aromatic rings. The van der Waals surface area contributed by atoms with E-state index >= 15 is 0 Å². The van der Waals surface area contributed by atoms with Crippen molar-refractivity contribution >= 4 is 28.9 Å². The number of benzodiazepines with no additional fused rings is 1. The quantitative estimate of drug-likeness (QED) is 0.525. The van der Waals surface area contributed by atoms with Gasteiger partial charge in [-0.05, 0) is 72.0 Å². The second kappa shape index (κ2) is 9.03. The first-order valence-corrected chi connectivity index (χ1v) is 10.9. The molecule has 0 fully saturated rings. The molecule has 0 aliphatic carbocycles. The number of halogens is 2. The number of aryl methyl sites for hydroxylation is 2. The molecule has 1 N–H and O–H groups in total. The number of carbonyl (C=O) groups excluding carboxylic acids is 1. The Bertz CT molecular complexity index is 1150. The third-order valence-corrected chi connectivity index (χ3v) is 5.90. The number of carbonyl (C=O) groups is 1. The lowest BCUT2D eigenvalue weighted by Crippen LogP contribution is -2.27. The number of anilines is 1. The monoisotopic (exact) mass is 434 g/mol. The standard InChI is InChI=1S/C26H24ClFN2O/c1-3-17-6-5-16(13-18(17)4-2)14-24-26(31)30-23-12-9-20(27)15-22(23)25(29-24)19-7-10-21(28)11-8-19/h5-13,15,24H,3-4,14H2,1-2H3,(H,30,31). The number of hydrogen-bond donors (Lipinski definition) is 1. The molecule has 31 heavy (non-hydrogen) atoms. The number of aliphatic imine (C=N–C) groups is 1. The van der Waals surface area contributed by atoms with Crippen LogP contribution in [0.3, 0.4) is 0 Å². The van der Waals surface area contributed by atoms with Crippen LogP contribution in [0.25, 0.3) is 0 Å². The van der Waals surface area contributed by atoms with Gasteiger partial charge in [0.05, 0.1) is 11.4 Å². The van der Waals surface area contributed by atoms with Crippen molar-refractivity contribution in [3.05, 3.63) is 99.3 Å². The molecule has 0 spiro atoms. The van der Waals surface area contributed by atoms with Crippen molar-refractivity contribution in [2.75, 3.05) is 5.32 Å². The predicted molar refractivity (Wildman–Crippen MR) is 125 cm³/mol. The Morgan fingerprint density at radius 1 is 0.968 bits per heavy atom. The van der Waals surface area contributed by atoms with Crippen molar-refractivity contribution in [3.8, 4) is 0 Å². The Labute approximate surface area is 187 Å². The van der Waals surface area contributed by atoms with Gasteiger partial charge in [0.2, 0.25) is 5.91 Å². The molecule has 5 heteroatoms. The molecule has 4 rings (SSSR count). The Kier molecular flexibility index (Phi) is 6.19. The van der Waals surface area contributed by atoms with Gasteiger partial charge in [0.25, 0.3) is 0 Å². The number of hydrogen-bond acceptors (Lipinski definition) is 2. The Balaban J connectivity index is 1.78. The number of benzene rings is 3. The molecular weight excluding hydrogens is 411 g/mol. The van der Waals surface area contributed by atoms with Crippen LogP contribution >= 0.6 is 11.6 Å². The van der Waals surface area contributed by atoms with Gasteiger partial charge in [0.15, 0.2) is 0 Å². The van der Waals surface area contributed by atoms with Crippen molar-refractivity contribution < 1.29 is 9.18 Å². The number of fused-ring (bicyclic) bond motifs is 1. The molecule has 0 saturated heterocycles. The highest BCUT2D eigenvalue weighted by Gasteiger charge is 2.26. The topological polar surface area (TPSA) is 41.5 Å². The molecule has 158 valence electrons. The minimum absolute atomic E-state index is 0.168. The first-order chi connectivity index (χ1) is 15.0. The van der Waals surface area contributed by atoms with E-state index in [2.05, 4.69) is 37.4 Å². The van der Waals surface area contributed by atoms with Crippen molar-refractivity contribution in [3.63, 3.8) is 0 Å². The van der Waals surface area contributed by atoms with Crippen LogP contribution in [0, 0.1) is 5.82 Å². The molecule has 0 aromatic heterocycles. The van der Waals surface area contributed by atoms with Crippen molar-refractivity contribution in [1.29, 1.82) is 0 Å². The Morgan fingerprint density at radius 3 is 2.42 bits per heavy atom. The maximum absolute atomic E-state index is 13.5. The van der Waals surface area contributed by atoms with Gasteiger partial charge in [-0.1, -0.05) is 43.6 Å². The predicted octanol–water partition coefficient (Wildman–Crippen LogP) is 6.00. The maximum Gasteiger partial charge on any atom is 0.249 e. The van der Waals surface area contributed by atoms with E-state index in [0.717, 1.165) is 29.5 Å². The minimum atomic E-state index is -0.608. The Hall–Kier alpha value is -2.98. The van der Waals surface area contributed by atoms with Crippen LogP contribution in [0.4, 0.5) is 10.1 Å². The average Bonchev–Trinajstić information content (AvgIpc) is 2.90. The summed E-state index contributed by atoms with van der Waals surface area (Å²) in [4.78, 5) is 17.9. The zero-order valence-corrected chi connectivity index (χ0v) is 18.3. The summed E-state index contributed by atoms with van der Waals surface area (Å²) < 4.78 is 13.5. The van der Waals surface area contributed by atoms with Gasteiger partial charge in [-0.15, -0.1) is 0 Å². The summed E-state index contributed by atoms with van der Waals surface area (Å²) in [6.07, 6.45) is 2.41. The lowest BCUT2D eigenvalue weighted by atomic mass is 9.96. The smallest absolute Gasteiger partial charge is 0.249 e. The van der Waals surface area contributed by atoms with Crippen molar-refractivity contribution in [1.82, 2.24) is 0 Å². The molecule has 0 bridgehead atoms. The molecule has 1 heterocycles. The van der Waals surface area contributed by atoms with Gasteiger partial charge in [0.1, 0.15) is 11.9 Å². The molecule has 1 aliphatic heterocycles. The maximum atomic E-state index is 13.5. The van der Waals surface area contributed by atoms with E-state index in [1.165, 1.54) is 23.3 Å². The second-order valence-electron chi connectivity index (χ2n) is 7.69. The molecule has 3 nitrogen and oxygen atoms in total. The molecule has 1 unspecified atom stereocenters. The van der Waals surface area contributed by atoms with Crippen molar-refractivity contribution in [2.24, 2.45) is 4.99 Å². The van der Waals surface area contributed by atoms with Gasteiger partial charge in [-0.25, -0.2) is 4.39 Å². The van der Waals surface area contributed by atoms with Gasteiger partial charge in [-0.2, -0.15) is 0 Å². The molecule has 1 atom stereocenters. The molecular formula is C26H24ClFN2O. The third-order valence-electron chi connectivity index (χ3n) is 5.66. The lowest BCUT2D eigenvalue weighted by Gasteiger charge is -2.14. The van der Waals surface area contributed by atoms with Gasteiger partial charge in [0, 0.05) is 22.6 Å². The highest BCUT2D eigenvalue weighted by atomic mass is 35.5. The van der Waals surface area contributed by atoms with E-state index < -0.39 is 6.04 Å². The summed E-state index contributed by atoms with van der Waals surface area (Å²) in [6, 6.07) is 17.2. The van der Waals surface area contributed by atoms with Gasteiger partial charge in [-0.3, -0.25) is 9.79 Å². The van der Waals surface area contributed by atoms with E-state index in [9.17, 15) is 9.18 Å². The van der Waals surface area contributed by atoms with Crippen molar-refractivity contribution in [2.45, 2.75) is 39.2 Å². The summed E-state index contributed by atoms with van der Waals surface area (Å²) in [5.41, 5.74) is 6.44.